The predicted molar refractivity (Wildman–Crippen MR) is 95.3 cm³/mol. The fourth-order valence-electron chi connectivity index (χ4n) is 2.48. The van der Waals surface area contributed by atoms with Gasteiger partial charge in [0, 0.05) is 34.2 Å². The number of allylic oxidation sites excluding steroid dienone is 1. The number of benzene rings is 1. The zero-order chi connectivity index (χ0) is 14.1. The summed E-state index contributed by atoms with van der Waals surface area (Å²) in [7, 11) is 0. The van der Waals surface area contributed by atoms with Crippen LogP contribution in [0, 0.1) is 13.8 Å². The molecule has 0 saturated heterocycles. The fourth-order valence-corrected chi connectivity index (χ4v) is 3.97. The smallest absolute Gasteiger partial charge is 0.0486 e. The van der Waals surface area contributed by atoms with Gasteiger partial charge < -0.3 is 0 Å². The average Bonchev–Trinajstić information content (AvgIpc) is 2.81. The van der Waals surface area contributed by atoms with Gasteiger partial charge in [-0.05, 0) is 35.9 Å². The molecule has 21 heavy (non-hydrogen) atoms. The van der Waals surface area contributed by atoms with Gasteiger partial charge >= 0.3 is 0 Å². The van der Waals surface area contributed by atoms with Crippen LogP contribution in [-0.2, 0) is 0 Å². The van der Waals surface area contributed by atoms with Crippen LogP contribution in [0.15, 0.2) is 51.9 Å². The van der Waals surface area contributed by atoms with Crippen molar-refractivity contribution < 1.29 is 0 Å². The number of halogens is 2. The summed E-state index contributed by atoms with van der Waals surface area (Å²) in [6.07, 6.45) is 2.69. The molecule has 1 aliphatic heterocycles. The molecule has 2 aromatic rings. The lowest BCUT2D eigenvalue weighted by molar-refractivity contribution is 0.868. The number of aryl methyl sites for hydroxylation is 1. The van der Waals surface area contributed by atoms with Gasteiger partial charge in [0.1, 0.15) is 0 Å². The molecule has 1 aromatic heterocycles. The summed E-state index contributed by atoms with van der Waals surface area (Å²) in [6.45, 7) is 4.33. The van der Waals surface area contributed by atoms with Gasteiger partial charge in [0.25, 0.3) is 0 Å². The average molecular weight is 338 g/mol. The number of rotatable bonds is 2. The molecule has 1 atom stereocenters. The molecule has 0 saturated carbocycles. The van der Waals surface area contributed by atoms with E-state index in [4.69, 9.17) is 11.6 Å². The summed E-state index contributed by atoms with van der Waals surface area (Å²) in [5.74, 6) is 0.253. The van der Waals surface area contributed by atoms with E-state index in [1.807, 2.05) is 24.4 Å². The first-order valence-electron chi connectivity index (χ1n) is 6.69. The zero-order valence-corrected chi connectivity index (χ0v) is 14.4. The normalized spacial score (nSPS) is 17.8. The van der Waals surface area contributed by atoms with E-state index >= 15 is 0 Å². The summed E-state index contributed by atoms with van der Waals surface area (Å²) in [5, 5.41) is 3.05. The molecule has 2 heterocycles. The van der Waals surface area contributed by atoms with Crippen molar-refractivity contribution in [1.29, 1.82) is 0 Å². The lowest BCUT2D eigenvalue weighted by Crippen LogP contribution is -2.12. The summed E-state index contributed by atoms with van der Waals surface area (Å²) < 4.78 is 0. The van der Waals surface area contributed by atoms with Crippen molar-refractivity contribution in [2.75, 3.05) is 0 Å². The fraction of sp³-hybridized carbons (Fsp3) is 0.235. The Morgan fingerprint density at radius 1 is 1.19 bits per heavy atom. The number of hydrogen-bond donors (Lipinski definition) is 0. The molecule has 0 spiro atoms. The predicted octanol–water partition coefficient (Wildman–Crippen LogP) is 5.84. The maximum Gasteiger partial charge on any atom is 0.0486 e. The third-order valence-electron chi connectivity index (χ3n) is 3.82. The van der Waals surface area contributed by atoms with Gasteiger partial charge in [-0.25, -0.2) is 0 Å². The second-order valence-electron chi connectivity index (χ2n) is 5.12. The van der Waals surface area contributed by atoms with Crippen LogP contribution in [-0.4, -0.2) is 5.71 Å². The van der Waals surface area contributed by atoms with E-state index in [-0.39, 0.29) is 18.3 Å². The number of thiophene rings is 1. The van der Waals surface area contributed by atoms with Crippen LogP contribution in [0.1, 0.15) is 33.9 Å². The molecule has 0 bridgehead atoms. The lowest BCUT2D eigenvalue weighted by Gasteiger charge is -2.21. The lowest BCUT2D eigenvalue weighted by atomic mass is 9.92. The monoisotopic (exact) mass is 337 g/mol. The van der Waals surface area contributed by atoms with E-state index in [1.54, 1.807) is 11.3 Å². The van der Waals surface area contributed by atoms with Crippen molar-refractivity contribution in [2.45, 2.75) is 26.2 Å². The van der Waals surface area contributed by atoms with Gasteiger partial charge in [0.15, 0.2) is 0 Å². The molecule has 3 rings (SSSR count). The van der Waals surface area contributed by atoms with Crippen LogP contribution in [0.4, 0.5) is 0 Å². The Hall–Kier alpha value is -1.09. The van der Waals surface area contributed by atoms with E-state index < -0.39 is 0 Å². The Labute approximate surface area is 140 Å². The number of aliphatic imine (C=N–C) groups is 1. The molecule has 1 unspecified atom stereocenters. The van der Waals surface area contributed by atoms with E-state index in [1.165, 1.54) is 21.6 Å². The molecule has 1 aliphatic rings. The van der Waals surface area contributed by atoms with Gasteiger partial charge in [0.05, 0.1) is 0 Å². The van der Waals surface area contributed by atoms with Crippen LogP contribution in [0.25, 0.3) is 0 Å². The molecule has 0 radical (unpaired) electrons. The van der Waals surface area contributed by atoms with E-state index in [2.05, 4.69) is 36.4 Å². The highest BCUT2D eigenvalue weighted by molar-refractivity contribution is 7.10. The quantitative estimate of drug-likeness (QED) is 0.652. The first-order valence-corrected chi connectivity index (χ1v) is 7.95. The van der Waals surface area contributed by atoms with Crippen LogP contribution in [0.2, 0.25) is 0 Å². The first-order chi connectivity index (χ1) is 9.66. The molecule has 0 fully saturated rings. The summed E-state index contributed by atoms with van der Waals surface area (Å²) in [5.41, 5.74) is 5.01. The van der Waals surface area contributed by atoms with Crippen molar-refractivity contribution in [2.24, 2.45) is 4.99 Å². The highest BCUT2D eigenvalue weighted by Crippen LogP contribution is 2.40. The van der Waals surface area contributed by atoms with Crippen molar-refractivity contribution in [3.05, 3.63) is 68.5 Å². The Morgan fingerprint density at radius 3 is 2.52 bits per heavy atom. The van der Waals surface area contributed by atoms with Gasteiger partial charge in [0.2, 0.25) is 0 Å². The SMILES string of the molecule is Cc1csc(C2CC(c3ccccc3)=NC=C2Cl)c1C.Cl. The highest BCUT2D eigenvalue weighted by Gasteiger charge is 2.25. The van der Waals surface area contributed by atoms with E-state index in [0.717, 1.165) is 17.2 Å². The third-order valence-corrected chi connectivity index (χ3v) is 5.50. The van der Waals surface area contributed by atoms with E-state index in [0.29, 0.717) is 0 Å². The van der Waals surface area contributed by atoms with Crippen LogP contribution >= 0.6 is 35.3 Å². The van der Waals surface area contributed by atoms with Crippen molar-refractivity contribution in [3.63, 3.8) is 0 Å². The minimum absolute atomic E-state index is 0. The Kier molecular flexibility index (Phi) is 5.26. The maximum absolute atomic E-state index is 6.41. The van der Waals surface area contributed by atoms with Gasteiger partial charge in [-0.3, -0.25) is 4.99 Å². The molecule has 1 nitrogen and oxygen atoms in total. The standard InChI is InChI=1S/C17H16ClNS.ClH/c1-11-10-20-17(12(11)2)14-8-16(19-9-15(14)18)13-6-4-3-5-7-13;/h3-7,9-10,14H,8H2,1-2H3;1H. The second-order valence-corrected chi connectivity index (χ2v) is 6.47. The van der Waals surface area contributed by atoms with E-state index in [9.17, 15) is 0 Å². The van der Waals surface area contributed by atoms with Gasteiger partial charge in [-0.2, -0.15) is 0 Å². The number of hydrogen-bond acceptors (Lipinski definition) is 2. The number of nitrogens with zero attached hydrogens (tertiary/aromatic N) is 1. The third kappa shape index (κ3) is 3.23. The summed E-state index contributed by atoms with van der Waals surface area (Å²) in [6, 6.07) is 10.3. The summed E-state index contributed by atoms with van der Waals surface area (Å²) in [4.78, 5) is 5.89. The first kappa shape index (κ1) is 16.3. The Balaban J connectivity index is 0.00000161. The van der Waals surface area contributed by atoms with Gasteiger partial charge in [-0.1, -0.05) is 41.9 Å². The minimum atomic E-state index is 0. The van der Waals surface area contributed by atoms with Gasteiger partial charge in [-0.15, -0.1) is 23.7 Å². The van der Waals surface area contributed by atoms with Crippen molar-refractivity contribution >= 4 is 41.1 Å². The minimum Gasteiger partial charge on any atom is -0.259 e. The van der Waals surface area contributed by atoms with Crippen molar-refractivity contribution in [1.82, 2.24) is 0 Å². The van der Waals surface area contributed by atoms with Crippen LogP contribution in [0.5, 0.6) is 0 Å². The molecule has 110 valence electrons. The maximum atomic E-state index is 6.41. The van der Waals surface area contributed by atoms with Crippen LogP contribution in [0.3, 0.4) is 0 Å². The molecule has 0 N–H and O–H groups in total. The van der Waals surface area contributed by atoms with Crippen molar-refractivity contribution in [3.8, 4) is 0 Å². The zero-order valence-electron chi connectivity index (χ0n) is 12.0. The molecule has 1 aromatic carbocycles. The molecule has 0 aliphatic carbocycles. The topological polar surface area (TPSA) is 12.4 Å². The highest BCUT2D eigenvalue weighted by atomic mass is 35.5. The molecule has 4 heteroatoms. The second kappa shape index (κ2) is 6.78. The molecular weight excluding hydrogens is 321 g/mol. The van der Waals surface area contributed by atoms with Crippen LogP contribution < -0.4 is 0 Å². The largest absolute Gasteiger partial charge is 0.259 e. The Morgan fingerprint density at radius 2 is 1.90 bits per heavy atom. The molecule has 0 amide bonds. The Bertz CT molecular complexity index is 686. The molecular formula is C17H17Cl2NS. The summed E-state index contributed by atoms with van der Waals surface area (Å²) >= 11 is 8.22.